The highest BCUT2D eigenvalue weighted by atomic mass is 32.2. The molecule has 1 amide bonds. The van der Waals surface area contributed by atoms with Crippen LogP contribution in [0.5, 0.6) is 0 Å². The number of hydrogen-bond acceptors (Lipinski definition) is 4. The van der Waals surface area contributed by atoms with Crippen molar-refractivity contribution in [3.05, 3.63) is 0 Å². The molecule has 0 saturated carbocycles. The molecule has 0 heterocycles. The zero-order valence-electron chi connectivity index (χ0n) is 8.83. The minimum atomic E-state index is -0.443. The Morgan fingerprint density at radius 3 is 2.36 bits per heavy atom. The lowest BCUT2D eigenvalue weighted by atomic mass is 10.2. The average Bonchev–Trinajstić information content (AvgIpc) is 1.94. The van der Waals surface area contributed by atoms with Crippen molar-refractivity contribution in [1.29, 1.82) is 0 Å². The van der Waals surface area contributed by atoms with Crippen molar-refractivity contribution in [3.63, 3.8) is 0 Å². The number of hydrogen-bond donors (Lipinski definition) is 1. The van der Waals surface area contributed by atoms with E-state index in [2.05, 4.69) is 0 Å². The van der Waals surface area contributed by atoms with Crippen LogP contribution in [0.1, 0.15) is 27.2 Å². The number of primary amides is 1. The average molecular weight is 219 g/mol. The summed E-state index contributed by atoms with van der Waals surface area (Å²) in [5.41, 5.74) is 4.50. The summed E-state index contributed by atoms with van der Waals surface area (Å²) in [6.07, 6.45) is 0.299. The second-order valence-electron chi connectivity index (χ2n) is 3.86. The predicted molar refractivity (Wildman–Crippen MR) is 57.0 cm³/mol. The Bertz CT molecular complexity index is 211. The summed E-state index contributed by atoms with van der Waals surface area (Å²) in [4.78, 5) is 21.5. The quantitative estimate of drug-likeness (QED) is 0.552. The van der Waals surface area contributed by atoms with Crippen molar-refractivity contribution in [1.82, 2.24) is 0 Å². The molecule has 0 atom stereocenters. The molecule has 0 unspecified atom stereocenters. The van der Waals surface area contributed by atoms with Gasteiger partial charge >= 0.3 is 5.97 Å². The normalized spacial score (nSPS) is 11.1. The number of carbonyl (C=O) groups excluding carboxylic acids is 2. The lowest BCUT2D eigenvalue weighted by molar-refractivity contribution is -0.151. The molecule has 82 valence electrons. The summed E-state index contributed by atoms with van der Waals surface area (Å²) < 4.78 is 5.07. The molecule has 14 heavy (non-hydrogen) atoms. The highest BCUT2D eigenvalue weighted by Gasteiger charge is 2.15. The molecule has 0 aliphatic heterocycles. The molecular weight excluding hydrogens is 202 g/mol. The summed E-state index contributed by atoms with van der Waals surface area (Å²) in [5, 5.41) is 0. The van der Waals surface area contributed by atoms with Gasteiger partial charge in [0.2, 0.25) is 5.91 Å². The van der Waals surface area contributed by atoms with Gasteiger partial charge in [-0.25, -0.2) is 0 Å². The molecule has 0 aliphatic rings. The number of ether oxygens (including phenoxy) is 1. The fourth-order valence-corrected chi connectivity index (χ4v) is 1.41. The maximum atomic E-state index is 11.1. The second-order valence-corrected chi connectivity index (χ2v) is 4.96. The number of esters is 1. The summed E-state index contributed by atoms with van der Waals surface area (Å²) in [6.45, 7) is 5.46. The minimum absolute atomic E-state index is 0.257. The maximum Gasteiger partial charge on any atom is 0.316 e. The minimum Gasteiger partial charge on any atom is -0.459 e. The van der Waals surface area contributed by atoms with Crippen LogP contribution in [-0.2, 0) is 14.3 Å². The predicted octanol–water partition coefficient (Wildman–Crippen LogP) is 0.937. The Morgan fingerprint density at radius 2 is 1.93 bits per heavy atom. The Hall–Kier alpha value is -0.710. The van der Waals surface area contributed by atoms with Gasteiger partial charge in [-0.05, 0) is 20.8 Å². The van der Waals surface area contributed by atoms with Crippen molar-refractivity contribution in [2.75, 3.05) is 11.5 Å². The van der Waals surface area contributed by atoms with Gasteiger partial charge in [0.15, 0.2) is 0 Å². The van der Waals surface area contributed by atoms with Gasteiger partial charge in [-0.1, -0.05) is 0 Å². The van der Waals surface area contributed by atoms with Crippen LogP contribution in [0.4, 0.5) is 0 Å². The van der Waals surface area contributed by atoms with E-state index in [-0.39, 0.29) is 17.6 Å². The Morgan fingerprint density at radius 1 is 1.36 bits per heavy atom. The van der Waals surface area contributed by atoms with Crippen LogP contribution >= 0.6 is 11.8 Å². The topological polar surface area (TPSA) is 69.4 Å². The van der Waals surface area contributed by atoms with E-state index in [0.29, 0.717) is 12.2 Å². The van der Waals surface area contributed by atoms with Crippen molar-refractivity contribution in [3.8, 4) is 0 Å². The zero-order valence-corrected chi connectivity index (χ0v) is 9.65. The van der Waals surface area contributed by atoms with Gasteiger partial charge in [0.1, 0.15) is 5.60 Å². The van der Waals surface area contributed by atoms with Crippen LogP contribution in [0, 0.1) is 0 Å². The molecule has 2 N–H and O–H groups in total. The second kappa shape index (κ2) is 5.90. The zero-order chi connectivity index (χ0) is 11.2. The number of nitrogens with two attached hydrogens (primary N) is 1. The number of carbonyl (C=O) groups is 2. The third kappa shape index (κ3) is 9.38. The number of rotatable bonds is 5. The monoisotopic (exact) mass is 219 g/mol. The van der Waals surface area contributed by atoms with Crippen LogP contribution < -0.4 is 5.73 Å². The van der Waals surface area contributed by atoms with E-state index >= 15 is 0 Å². The largest absolute Gasteiger partial charge is 0.459 e. The van der Waals surface area contributed by atoms with Crippen molar-refractivity contribution in [2.24, 2.45) is 5.73 Å². The van der Waals surface area contributed by atoms with Crippen LogP contribution in [0.2, 0.25) is 0 Å². The summed E-state index contributed by atoms with van der Waals surface area (Å²) >= 11 is 1.35. The SMILES string of the molecule is CC(C)(C)OC(=O)CSCCC(N)=O. The van der Waals surface area contributed by atoms with E-state index in [0.717, 1.165) is 0 Å². The molecule has 0 saturated heterocycles. The third-order valence-electron chi connectivity index (χ3n) is 1.13. The number of thioether (sulfide) groups is 1. The Balaban J connectivity index is 3.50. The van der Waals surface area contributed by atoms with Crippen LogP contribution in [0.3, 0.4) is 0 Å². The number of amides is 1. The molecule has 0 aromatic carbocycles. The van der Waals surface area contributed by atoms with Crippen molar-refractivity contribution < 1.29 is 14.3 Å². The van der Waals surface area contributed by atoms with Gasteiger partial charge in [0.05, 0.1) is 5.75 Å². The molecule has 0 fully saturated rings. The van der Waals surface area contributed by atoms with E-state index in [9.17, 15) is 9.59 Å². The maximum absolute atomic E-state index is 11.1. The lowest BCUT2D eigenvalue weighted by Crippen LogP contribution is -2.25. The van der Waals surface area contributed by atoms with Gasteiger partial charge in [-0.15, -0.1) is 11.8 Å². The summed E-state index contributed by atoms with van der Waals surface area (Å²) in [5.74, 6) is 0.229. The van der Waals surface area contributed by atoms with E-state index < -0.39 is 5.60 Å². The summed E-state index contributed by atoms with van der Waals surface area (Å²) in [7, 11) is 0. The molecule has 0 spiro atoms. The van der Waals surface area contributed by atoms with Crippen molar-refractivity contribution >= 4 is 23.6 Å². The van der Waals surface area contributed by atoms with E-state index in [4.69, 9.17) is 10.5 Å². The molecule has 0 radical (unpaired) electrons. The molecule has 0 aromatic rings. The van der Waals surface area contributed by atoms with E-state index in [1.807, 2.05) is 20.8 Å². The van der Waals surface area contributed by atoms with Crippen LogP contribution in [0.15, 0.2) is 0 Å². The van der Waals surface area contributed by atoms with Crippen molar-refractivity contribution in [2.45, 2.75) is 32.8 Å². The van der Waals surface area contributed by atoms with Gasteiger partial charge in [0, 0.05) is 12.2 Å². The molecule has 0 aliphatic carbocycles. The smallest absolute Gasteiger partial charge is 0.316 e. The van der Waals surface area contributed by atoms with Gasteiger partial charge in [0.25, 0.3) is 0 Å². The fourth-order valence-electron chi connectivity index (χ4n) is 0.699. The molecular formula is C9H17NO3S. The van der Waals surface area contributed by atoms with Gasteiger partial charge in [-0.3, -0.25) is 9.59 Å². The standard InChI is InChI=1S/C9H17NO3S/c1-9(2,3)13-8(12)6-14-5-4-7(10)11/h4-6H2,1-3H3,(H2,10,11). The molecule has 4 nitrogen and oxygen atoms in total. The van der Waals surface area contributed by atoms with Crippen LogP contribution in [0.25, 0.3) is 0 Å². The summed E-state index contributed by atoms with van der Waals surface area (Å²) in [6, 6.07) is 0. The molecule has 5 heteroatoms. The first-order chi connectivity index (χ1) is 6.31. The molecule has 0 aromatic heterocycles. The fraction of sp³-hybridized carbons (Fsp3) is 0.778. The first-order valence-corrected chi connectivity index (χ1v) is 5.54. The Kier molecular flexibility index (Phi) is 5.60. The first-order valence-electron chi connectivity index (χ1n) is 4.39. The van der Waals surface area contributed by atoms with Crippen LogP contribution in [-0.4, -0.2) is 29.0 Å². The molecule has 0 rings (SSSR count). The Labute approximate surface area is 88.6 Å². The van der Waals surface area contributed by atoms with Gasteiger partial charge < -0.3 is 10.5 Å². The first kappa shape index (κ1) is 13.3. The van der Waals surface area contributed by atoms with E-state index in [1.54, 1.807) is 0 Å². The highest BCUT2D eigenvalue weighted by molar-refractivity contribution is 7.99. The highest BCUT2D eigenvalue weighted by Crippen LogP contribution is 2.10. The molecule has 0 bridgehead atoms. The third-order valence-corrected chi connectivity index (χ3v) is 2.07. The van der Waals surface area contributed by atoms with Gasteiger partial charge in [-0.2, -0.15) is 0 Å². The van der Waals surface area contributed by atoms with E-state index in [1.165, 1.54) is 11.8 Å². The lowest BCUT2D eigenvalue weighted by Gasteiger charge is -2.19.